The molecule has 2 N–H and O–H groups in total. The number of nitrogens with zero attached hydrogens (tertiary/aromatic N) is 3. The van der Waals surface area contributed by atoms with E-state index >= 15 is 0 Å². The minimum absolute atomic E-state index is 0.129. The summed E-state index contributed by atoms with van der Waals surface area (Å²) in [5.41, 5.74) is 0.281. The summed E-state index contributed by atoms with van der Waals surface area (Å²) in [5.74, 6) is -0.129. The lowest BCUT2D eigenvalue weighted by molar-refractivity contribution is 0.0888. The topological polar surface area (TPSA) is 92.7 Å². The molecule has 23 heavy (non-hydrogen) atoms. The fourth-order valence-corrected chi connectivity index (χ4v) is 2.93. The van der Waals surface area contributed by atoms with Gasteiger partial charge in [0.05, 0.1) is 17.6 Å². The summed E-state index contributed by atoms with van der Waals surface area (Å²) in [7, 11) is 0. The number of rotatable bonds is 3. The van der Waals surface area contributed by atoms with Crippen LogP contribution in [0.25, 0.3) is 10.8 Å². The maximum atomic E-state index is 12.3. The Kier molecular flexibility index (Phi) is 3.18. The third kappa shape index (κ3) is 2.50. The minimum atomic E-state index is -0.254. The van der Waals surface area contributed by atoms with E-state index in [2.05, 4.69) is 20.6 Å². The van der Waals surface area contributed by atoms with E-state index in [9.17, 15) is 9.59 Å². The maximum absolute atomic E-state index is 12.3. The van der Waals surface area contributed by atoms with E-state index in [0.717, 1.165) is 12.8 Å². The molecule has 3 aromatic rings. The predicted octanol–water partition coefficient (Wildman–Crippen LogP) is 1.25. The van der Waals surface area contributed by atoms with Crippen molar-refractivity contribution in [2.45, 2.75) is 24.9 Å². The van der Waals surface area contributed by atoms with E-state index in [1.807, 2.05) is 16.9 Å². The highest BCUT2D eigenvalue weighted by atomic mass is 16.1. The largest absolute Gasteiger partial charge is 0.349 e. The number of benzene rings is 1. The number of amides is 1. The number of aromatic nitrogens is 4. The van der Waals surface area contributed by atoms with Crippen LogP contribution in [0.15, 0.2) is 47.7 Å². The molecule has 0 aliphatic heterocycles. The molecule has 0 bridgehead atoms. The van der Waals surface area contributed by atoms with Crippen LogP contribution in [0.1, 0.15) is 29.2 Å². The van der Waals surface area contributed by atoms with Crippen LogP contribution in [-0.2, 0) is 0 Å². The molecule has 0 unspecified atom stereocenters. The maximum Gasteiger partial charge on any atom is 0.272 e. The lowest BCUT2D eigenvalue weighted by atomic mass is 9.86. The molecule has 116 valence electrons. The molecule has 0 atom stereocenters. The molecule has 1 aliphatic carbocycles. The van der Waals surface area contributed by atoms with Crippen molar-refractivity contribution in [1.29, 1.82) is 0 Å². The minimum Gasteiger partial charge on any atom is -0.349 e. The van der Waals surface area contributed by atoms with Crippen molar-refractivity contribution in [3.8, 4) is 0 Å². The third-order valence-electron chi connectivity index (χ3n) is 4.28. The highest BCUT2D eigenvalue weighted by Crippen LogP contribution is 2.31. The quantitative estimate of drug-likeness (QED) is 0.761. The number of carbonyl (C=O) groups excluding carboxylic acids is 1. The Balaban J connectivity index is 1.45. The molecule has 0 radical (unpaired) electrons. The number of H-pyrrole nitrogens is 1. The first kappa shape index (κ1) is 13.7. The van der Waals surface area contributed by atoms with Crippen molar-refractivity contribution in [3.63, 3.8) is 0 Å². The van der Waals surface area contributed by atoms with Gasteiger partial charge < -0.3 is 5.32 Å². The fraction of sp³-hybridized carbons (Fsp3) is 0.250. The van der Waals surface area contributed by atoms with Crippen molar-refractivity contribution in [2.24, 2.45) is 0 Å². The summed E-state index contributed by atoms with van der Waals surface area (Å²) in [4.78, 5) is 23.9. The van der Waals surface area contributed by atoms with Crippen LogP contribution in [-0.4, -0.2) is 31.9 Å². The average Bonchev–Trinajstić information content (AvgIpc) is 3.04. The average molecular weight is 309 g/mol. The zero-order chi connectivity index (χ0) is 15.8. The molecule has 0 saturated heterocycles. The van der Waals surface area contributed by atoms with Crippen molar-refractivity contribution in [3.05, 3.63) is 58.8 Å². The van der Waals surface area contributed by atoms with Crippen LogP contribution >= 0.6 is 0 Å². The Morgan fingerprint density at radius 2 is 2.22 bits per heavy atom. The molecule has 7 nitrogen and oxygen atoms in total. The summed E-state index contributed by atoms with van der Waals surface area (Å²) in [6.07, 6.45) is 7.00. The fourth-order valence-electron chi connectivity index (χ4n) is 2.93. The van der Waals surface area contributed by atoms with E-state index in [4.69, 9.17) is 0 Å². The van der Waals surface area contributed by atoms with Crippen LogP contribution in [0, 0.1) is 0 Å². The van der Waals surface area contributed by atoms with Crippen LogP contribution in [0.2, 0.25) is 0 Å². The molecule has 0 spiro atoms. The number of hydrogen-bond donors (Lipinski definition) is 2. The number of nitrogens with one attached hydrogen (secondary N) is 2. The van der Waals surface area contributed by atoms with Crippen molar-refractivity contribution < 1.29 is 4.79 Å². The first-order valence-corrected chi connectivity index (χ1v) is 7.48. The summed E-state index contributed by atoms with van der Waals surface area (Å²) in [5, 5.41) is 14.6. The number of aromatic amines is 1. The normalized spacial score (nSPS) is 20.2. The van der Waals surface area contributed by atoms with Gasteiger partial charge in [0, 0.05) is 29.4 Å². The lowest BCUT2D eigenvalue weighted by Crippen LogP contribution is -2.45. The summed E-state index contributed by atoms with van der Waals surface area (Å²) in [6.45, 7) is 0. The van der Waals surface area contributed by atoms with Crippen molar-refractivity contribution >= 4 is 16.7 Å². The van der Waals surface area contributed by atoms with Gasteiger partial charge in [0.15, 0.2) is 0 Å². The first-order chi connectivity index (χ1) is 11.2. The zero-order valence-corrected chi connectivity index (χ0v) is 12.3. The molecular formula is C16H15N5O2. The summed E-state index contributed by atoms with van der Waals surface area (Å²) < 4.78 is 1.93. The van der Waals surface area contributed by atoms with Crippen LogP contribution in [0.5, 0.6) is 0 Å². The molecule has 7 heteroatoms. The van der Waals surface area contributed by atoms with Gasteiger partial charge in [-0.15, -0.1) is 0 Å². The molecule has 1 amide bonds. The van der Waals surface area contributed by atoms with Gasteiger partial charge in [0.25, 0.3) is 11.5 Å². The van der Waals surface area contributed by atoms with Gasteiger partial charge in [-0.3, -0.25) is 14.3 Å². The van der Waals surface area contributed by atoms with Gasteiger partial charge in [-0.2, -0.15) is 10.2 Å². The molecule has 1 aromatic carbocycles. The van der Waals surface area contributed by atoms with Crippen LogP contribution in [0.3, 0.4) is 0 Å². The van der Waals surface area contributed by atoms with E-state index in [-0.39, 0.29) is 17.5 Å². The van der Waals surface area contributed by atoms with E-state index < -0.39 is 0 Å². The summed E-state index contributed by atoms with van der Waals surface area (Å²) in [6, 6.07) is 7.42. The molecule has 1 fully saturated rings. The Morgan fingerprint density at radius 3 is 3.00 bits per heavy atom. The number of hydrogen-bond acceptors (Lipinski definition) is 4. The second-order valence-corrected chi connectivity index (χ2v) is 5.78. The van der Waals surface area contributed by atoms with Crippen LogP contribution in [0.4, 0.5) is 0 Å². The predicted molar refractivity (Wildman–Crippen MR) is 84.1 cm³/mol. The highest BCUT2D eigenvalue weighted by molar-refractivity contribution is 5.98. The van der Waals surface area contributed by atoms with Gasteiger partial charge in [-0.25, -0.2) is 5.10 Å². The van der Waals surface area contributed by atoms with E-state index in [0.29, 0.717) is 22.4 Å². The van der Waals surface area contributed by atoms with Gasteiger partial charge in [-0.05, 0) is 37.1 Å². The standard InChI is InChI=1S/C16H15N5O2/c22-15(19-12-7-13(8-12)21-5-1-4-18-21)10-2-3-14-11(6-10)9-17-20-16(14)23/h1-6,9,12-13H,7-8H2,(H,19,22)(H,20,23). The van der Waals surface area contributed by atoms with Gasteiger partial charge >= 0.3 is 0 Å². The van der Waals surface area contributed by atoms with Gasteiger partial charge in [0.2, 0.25) is 0 Å². The Hall–Kier alpha value is -2.96. The zero-order valence-electron chi connectivity index (χ0n) is 12.3. The van der Waals surface area contributed by atoms with E-state index in [1.165, 1.54) is 0 Å². The SMILES string of the molecule is O=C(NC1CC(n2cccn2)C1)c1ccc2c(=O)[nH]ncc2c1. The Labute approximate surface area is 131 Å². The van der Waals surface area contributed by atoms with E-state index in [1.54, 1.807) is 30.6 Å². The Bertz CT molecular complexity index is 910. The van der Waals surface area contributed by atoms with Gasteiger partial charge in [-0.1, -0.05) is 0 Å². The second kappa shape index (κ2) is 5.35. The monoisotopic (exact) mass is 309 g/mol. The molecule has 2 aromatic heterocycles. The molecule has 1 aliphatic rings. The Morgan fingerprint density at radius 1 is 1.35 bits per heavy atom. The summed E-state index contributed by atoms with van der Waals surface area (Å²) >= 11 is 0. The molecule has 4 rings (SSSR count). The van der Waals surface area contributed by atoms with Crippen LogP contribution < -0.4 is 10.9 Å². The molecule has 2 heterocycles. The second-order valence-electron chi connectivity index (χ2n) is 5.78. The molecule has 1 saturated carbocycles. The number of fused-ring (bicyclic) bond motifs is 1. The third-order valence-corrected chi connectivity index (χ3v) is 4.28. The van der Waals surface area contributed by atoms with Crippen molar-refractivity contribution in [2.75, 3.05) is 0 Å². The molecular weight excluding hydrogens is 294 g/mol. The highest BCUT2D eigenvalue weighted by Gasteiger charge is 2.32. The lowest BCUT2D eigenvalue weighted by Gasteiger charge is -2.35. The smallest absolute Gasteiger partial charge is 0.272 e. The van der Waals surface area contributed by atoms with Gasteiger partial charge in [0.1, 0.15) is 0 Å². The number of carbonyl (C=O) groups is 1. The van der Waals surface area contributed by atoms with Crippen molar-refractivity contribution in [1.82, 2.24) is 25.3 Å². The first-order valence-electron chi connectivity index (χ1n) is 7.48.